The summed E-state index contributed by atoms with van der Waals surface area (Å²) in [5.74, 6) is -0.550. The van der Waals surface area contributed by atoms with Crippen molar-refractivity contribution in [3.05, 3.63) is 40.4 Å². The molecule has 4 amide bonds. The van der Waals surface area contributed by atoms with Gasteiger partial charge in [0.1, 0.15) is 40.6 Å². The number of carbonyl (C=O) groups is 4. The summed E-state index contributed by atoms with van der Waals surface area (Å²) in [6.45, 7) is 12.3. The van der Waals surface area contributed by atoms with E-state index in [0.717, 1.165) is 6.20 Å². The van der Waals surface area contributed by atoms with Gasteiger partial charge in [0.2, 0.25) is 11.8 Å². The highest BCUT2D eigenvalue weighted by Crippen LogP contribution is 2.31. The normalized spacial score (nSPS) is 18.4. The molecule has 2 aromatic heterocycles. The van der Waals surface area contributed by atoms with Crippen molar-refractivity contribution in [2.75, 3.05) is 23.9 Å². The number of nitrogens with one attached hydrogen (secondary N) is 2. The van der Waals surface area contributed by atoms with Gasteiger partial charge in [-0.2, -0.15) is 0 Å². The number of aromatic nitrogens is 3. The Morgan fingerprint density at radius 3 is 1.89 bits per heavy atom. The SMILES string of the molecule is CN1C(=O)[C@@H](NC(=O)OC(C)(C)C)CCc2ncc(F)cc21.Cc1nc(Cl)c2c(n1)CC[C@H](NC(=O)OC(C)(C)C)C(=O)N2C. The van der Waals surface area contributed by atoms with Crippen LogP contribution in [-0.2, 0) is 31.9 Å². The van der Waals surface area contributed by atoms with Gasteiger partial charge < -0.3 is 29.9 Å². The highest BCUT2D eigenvalue weighted by atomic mass is 35.5. The average molecular weight is 650 g/mol. The molecule has 4 rings (SSSR count). The van der Waals surface area contributed by atoms with E-state index in [1.807, 2.05) is 0 Å². The van der Waals surface area contributed by atoms with E-state index in [2.05, 4.69) is 25.6 Å². The van der Waals surface area contributed by atoms with Gasteiger partial charge in [-0.1, -0.05) is 11.6 Å². The van der Waals surface area contributed by atoms with E-state index in [-0.39, 0.29) is 17.0 Å². The maximum absolute atomic E-state index is 13.3. The maximum atomic E-state index is 13.3. The van der Waals surface area contributed by atoms with Crippen LogP contribution in [0.1, 0.15) is 71.6 Å². The minimum atomic E-state index is -0.725. The number of carbonyl (C=O) groups excluding carboxylic acids is 4. The van der Waals surface area contributed by atoms with Crippen molar-refractivity contribution in [2.24, 2.45) is 0 Å². The monoisotopic (exact) mass is 649 g/mol. The number of aryl methyl sites for hydroxylation is 3. The molecule has 0 fully saturated rings. The fourth-order valence-corrected chi connectivity index (χ4v) is 5.06. The van der Waals surface area contributed by atoms with Crippen molar-refractivity contribution in [1.82, 2.24) is 25.6 Å². The Bertz CT molecular complexity index is 1460. The molecule has 2 aromatic rings. The van der Waals surface area contributed by atoms with E-state index in [9.17, 15) is 23.6 Å². The summed E-state index contributed by atoms with van der Waals surface area (Å²) in [7, 11) is 3.14. The molecule has 0 saturated carbocycles. The van der Waals surface area contributed by atoms with Gasteiger partial charge in [0.25, 0.3) is 0 Å². The quantitative estimate of drug-likeness (QED) is 0.454. The molecule has 2 aliphatic heterocycles. The first kappa shape index (κ1) is 35.4. The Labute approximate surface area is 267 Å². The van der Waals surface area contributed by atoms with E-state index in [1.54, 1.807) is 55.5 Å². The number of pyridine rings is 1. The summed E-state index contributed by atoms with van der Waals surface area (Å²) >= 11 is 6.16. The first-order valence-electron chi connectivity index (χ1n) is 14.5. The van der Waals surface area contributed by atoms with Gasteiger partial charge in [-0.05, 0) is 74.1 Å². The molecule has 0 aliphatic carbocycles. The maximum Gasteiger partial charge on any atom is 0.408 e. The molecular formula is C30H41ClFN7O6. The second-order valence-electron chi connectivity index (χ2n) is 12.7. The number of anilines is 2. The van der Waals surface area contributed by atoms with Crippen LogP contribution in [0.25, 0.3) is 0 Å². The van der Waals surface area contributed by atoms with E-state index in [0.29, 0.717) is 54.3 Å². The van der Waals surface area contributed by atoms with Gasteiger partial charge in [0.05, 0.1) is 23.3 Å². The summed E-state index contributed by atoms with van der Waals surface area (Å²) in [4.78, 5) is 64.0. The first-order chi connectivity index (χ1) is 20.8. The minimum Gasteiger partial charge on any atom is -0.444 e. The van der Waals surface area contributed by atoms with Crippen LogP contribution in [0.2, 0.25) is 5.15 Å². The van der Waals surface area contributed by atoms with Gasteiger partial charge in [-0.3, -0.25) is 14.6 Å². The number of nitrogens with zero attached hydrogens (tertiary/aromatic N) is 5. The molecule has 4 heterocycles. The fraction of sp³-hybridized carbons (Fsp3) is 0.567. The van der Waals surface area contributed by atoms with E-state index in [4.69, 9.17) is 21.1 Å². The van der Waals surface area contributed by atoms with Crippen molar-refractivity contribution in [3.63, 3.8) is 0 Å². The summed E-state index contributed by atoms with van der Waals surface area (Å²) in [6.07, 6.45) is 1.63. The Morgan fingerprint density at radius 2 is 1.38 bits per heavy atom. The molecule has 0 bridgehead atoms. The Balaban J connectivity index is 0.000000246. The van der Waals surface area contributed by atoms with Crippen molar-refractivity contribution >= 4 is 47.0 Å². The van der Waals surface area contributed by atoms with Crippen LogP contribution in [-0.4, -0.2) is 76.3 Å². The van der Waals surface area contributed by atoms with Gasteiger partial charge >= 0.3 is 12.2 Å². The van der Waals surface area contributed by atoms with Gasteiger partial charge in [0, 0.05) is 20.2 Å². The third-order valence-electron chi connectivity index (χ3n) is 6.62. The standard InChI is InChI=1S/C15H21ClN4O3.C15H20FN3O3/c1-8-17-9-6-7-10(19-14(22)23-15(2,3)4)13(21)20(5)11(9)12(16)18-8;1-15(2,3)22-14(21)18-11-6-5-10-12(19(4)13(11)20)7-9(16)8-17-10/h10H,6-7H2,1-5H3,(H,19,22);7-8,11H,5-6H2,1-4H3,(H,18,21)/t10-;11-/m00/s1. The molecule has 246 valence electrons. The minimum absolute atomic E-state index is 0.237. The van der Waals surface area contributed by atoms with Crippen molar-refractivity contribution in [3.8, 4) is 0 Å². The van der Waals surface area contributed by atoms with Crippen LogP contribution in [0.4, 0.5) is 25.4 Å². The summed E-state index contributed by atoms with van der Waals surface area (Å²) in [6, 6.07) is -0.145. The molecule has 2 aliphatic rings. The highest BCUT2D eigenvalue weighted by molar-refractivity contribution is 6.32. The van der Waals surface area contributed by atoms with E-state index < -0.39 is 41.3 Å². The third kappa shape index (κ3) is 9.71. The number of rotatable bonds is 2. The number of amides is 4. The molecule has 45 heavy (non-hydrogen) atoms. The predicted molar refractivity (Wildman–Crippen MR) is 166 cm³/mol. The number of ether oxygens (including phenoxy) is 2. The second-order valence-corrected chi connectivity index (χ2v) is 13.1. The van der Waals surface area contributed by atoms with Crippen molar-refractivity contribution < 1.29 is 33.0 Å². The number of likely N-dealkylation sites (N-methyl/N-ethyl adjacent to an activating group) is 2. The Kier molecular flexibility index (Phi) is 11.0. The van der Waals surface area contributed by atoms with Crippen LogP contribution in [0.15, 0.2) is 12.3 Å². The molecule has 0 saturated heterocycles. The van der Waals surface area contributed by atoms with Crippen LogP contribution < -0.4 is 20.4 Å². The topological polar surface area (TPSA) is 156 Å². The Hall–Kier alpha value is -4.07. The molecule has 2 atom stereocenters. The molecule has 0 aromatic carbocycles. The van der Waals surface area contributed by atoms with Gasteiger partial charge in [-0.15, -0.1) is 0 Å². The zero-order chi connectivity index (χ0) is 33.9. The zero-order valence-electron chi connectivity index (χ0n) is 27.1. The number of alkyl carbamates (subject to hydrolysis) is 2. The number of fused-ring (bicyclic) bond motifs is 2. The van der Waals surface area contributed by atoms with E-state index >= 15 is 0 Å². The van der Waals surface area contributed by atoms with Gasteiger partial charge in [0.15, 0.2) is 5.15 Å². The smallest absolute Gasteiger partial charge is 0.408 e. The summed E-state index contributed by atoms with van der Waals surface area (Å²) < 4.78 is 23.7. The highest BCUT2D eigenvalue weighted by Gasteiger charge is 2.34. The van der Waals surface area contributed by atoms with Crippen LogP contribution >= 0.6 is 11.6 Å². The largest absolute Gasteiger partial charge is 0.444 e. The van der Waals surface area contributed by atoms with Crippen molar-refractivity contribution in [2.45, 2.75) is 97.4 Å². The number of halogens is 2. The first-order valence-corrected chi connectivity index (χ1v) is 14.8. The molecule has 0 radical (unpaired) electrons. The third-order valence-corrected chi connectivity index (χ3v) is 6.88. The average Bonchev–Trinajstić information content (AvgIpc) is 3.07. The molecule has 0 unspecified atom stereocenters. The lowest BCUT2D eigenvalue weighted by atomic mass is 10.1. The summed E-state index contributed by atoms with van der Waals surface area (Å²) in [5.41, 5.74) is 0.988. The van der Waals surface area contributed by atoms with Crippen LogP contribution in [0, 0.1) is 12.7 Å². The lowest BCUT2D eigenvalue weighted by molar-refractivity contribution is -0.121. The number of hydrogen-bond acceptors (Lipinski definition) is 9. The molecule has 13 nitrogen and oxygen atoms in total. The lowest BCUT2D eigenvalue weighted by Crippen LogP contribution is -2.48. The second kappa shape index (κ2) is 13.9. The Morgan fingerprint density at radius 1 is 0.889 bits per heavy atom. The predicted octanol–water partition coefficient (Wildman–Crippen LogP) is 4.26. The van der Waals surface area contributed by atoms with Crippen LogP contribution in [0.5, 0.6) is 0 Å². The van der Waals surface area contributed by atoms with Crippen molar-refractivity contribution in [1.29, 1.82) is 0 Å². The molecular weight excluding hydrogens is 609 g/mol. The fourth-order valence-electron chi connectivity index (χ4n) is 4.71. The summed E-state index contributed by atoms with van der Waals surface area (Å²) in [5, 5.41) is 5.43. The number of hydrogen-bond donors (Lipinski definition) is 2. The van der Waals surface area contributed by atoms with Crippen LogP contribution in [0.3, 0.4) is 0 Å². The molecule has 15 heteroatoms. The lowest BCUT2D eigenvalue weighted by Gasteiger charge is -2.24. The zero-order valence-corrected chi connectivity index (χ0v) is 27.8. The molecule has 0 spiro atoms. The molecule has 2 N–H and O–H groups in total. The van der Waals surface area contributed by atoms with E-state index in [1.165, 1.54) is 22.9 Å². The van der Waals surface area contributed by atoms with Gasteiger partial charge in [-0.25, -0.2) is 23.9 Å².